The van der Waals surface area contributed by atoms with Crippen molar-refractivity contribution in [3.8, 4) is 0 Å². The molecule has 2 saturated heterocycles. The molecular weight excluding hydrogens is 883 g/mol. The van der Waals surface area contributed by atoms with Gasteiger partial charge >= 0.3 is 0 Å². The summed E-state index contributed by atoms with van der Waals surface area (Å²) < 4.78 is 22.6. The van der Waals surface area contributed by atoms with Gasteiger partial charge in [-0.15, -0.1) is 0 Å². The lowest BCUT2D eigenvalue weighted by atomic mass is 9.97. The first kappa shape index (κ1) is 61.5. The highest BCUT2D eigenvalue weighted by Crippen LogP contribution is 2.30. The van der Waals surface area contributed by atoms with Gasteiger partial charge in [0.05, 0.1) is 32.0 Å². The van der Waals surface area contributed by atoms with Crippen LogP contribution in [0, 0.1) is 0 Å². The van der Waals surface area contributed by atoms with Crippen LogP contribution in [0.1, 0.15) is 123 Å². The fraction of sp³-hybridized carbons (Fsp3) is 0.618. The van der Waals surface area contributed by atoms with Gasteiger partial charge in [0.25, 0.3) is 0 Å². The Kier molecular flexibility index (Phi) is 35.7. The van der Waals surface area contributed by atoms with Crippen LogP contribution in [0.4, 0.5) is 0 Å². The molecule has 0 bridgehead atoms. The van der Waals surface area contributed by atoms with Gasteiger partial charge in [-0.25, -0.2) is 0 Å². The van der Waals surface area contributed by atoms with E-state index in [2.05, 4.69) is 122 Å². The molecule has 0 saturated carbocycles. The third kappa shape index (κ3) is 27.0. The van der Waals surface area contributed by atoms with Gasteiger partial charge < -0.3 is 65.1 Å². The van der Waals surface area contributed by atoms with E-state index in [0.29, 0.717) is 19.3 Å². The number of nitrogens with one attached hydrogen (secondary N) is 1. The predicted molar refractivity (Wildman–Crippen MR) is 272 cm³/mol. The van der Waals surface area contributed by atoms with Gasteiger partial charge in [-0.1, -0.05) is 148 Å². The summed E-state index contributed by atoms with van der Waals surface area (Å²) in [6, 6.07) is -0.976. The number of amides is 1. The molecule has 0 aromatic carbocycles. The van der Waals surface area contributed by atoms with Crippen LogP contribution in [-0.4, -0.2) is 140 Å². The minimum Gasteiger partial charge on any atom is -0.394 e. The summed E-state index contributed by atoms with van der Waals surface area (Å²) in [6.07, 6.45) is 39.6. The Labute approximate surface area is 412 Å². The van der Waals surface area contributed by atoms with Crippen LogP contribution < -0.4 is 5.32 Å². The number of aliphatic hydroxyl groups excluding tert-OH is 8. The molecule has 1 amide bonds. The maximum Gasteiger partial charge on any atom is 0.220 e. The van der Waals surface area contributed by atoms with Crippen LogP contribution in [0.2, 0.25) is 0 Å². The molecule has 14 nitrogen and oxygen atoms in total. The zero-order chi connectivity index (χ0) is 50.3. The highest BCUT2D eigenvalue weighted by Gasteiger charge is 2.51. The molecule has 390 valence electrons. The van der Waals surface area contributed by atoms with Crippen LogP contribution in [0.25, 0.3) is 0 Å². The van der Waals surface area contributed by atoms with E-state index in [9.17, 15) is 45.6 Å². The monoisotopic (exact) mass is 970 g/mol. The fourth-order valence-corrected chi connectivity index (χ4v) is 7.24. The van der Waals surface area contributed by atoms with Gasteiger partial charge in [0.15, 0.2) is 12.6 Å². The summed E-state index contributed by atoms with van der Waals surface area (Å²) in [6.45, 7) is 2.51. The third-order valence-electron chi connectivity index (χ3n) is 11.4. The van der Waals surface area contributed by atoms with E-state index in [1.54, 1.807) is 6.08 Å². The number of hydrogen-bond acceptors (Lipinski definition) is 13. The predicted octanol–water partition coefficient (Wildman–Crippen LogP) is 6.71. The van der Waals surface area contributed by atoms with E-state index < -0.39 is 86.8 Å². The highest BCUT2D eigenvalue weighted by atomic mass is 16.7. The molecule has 0 aromatic heterocycles. The summed E-state index contributed by atoms with van der Waals surface area (Å²) in [5.74, 6) is -0.320. The van der Waals surface area contributed by atoms with Gasteiger partial charge in [-0.2, -0.15) is 0 Å². The minimum absolute atomic E-state index is 0.181. The first-order valence-electron chi connectivity index (χ1n) is 25.3. The molecule has 2 rings (SSSR count). The maximum atomic E-state index is 13.1. The molecule has 69 heavy (non-hydrogen) atoms. The van der Waals surface area contributed by atoms with Crippen LogP contribution in [-0.2, 0) is 23.7 Å². The normalized spacial score (nSPS) is 27.2. The average Bonchev–Trinajstić information content (AvgIpc) is 3.35. The Bertz CT molecular complexity index is 1620. The van der Waals surface area contributed by atoms with Crippen molar-refractivity contribution in [2.24, 2.45) is 0 Å². The van der Waals surface area contributed by atoms with Gasteiger partial charge in [-0.05, 0) is 89.9 Å². The van der Waals surface area contributed by atoms with E-state index in [1.165, 1.54) is 12.8 Å². The van der Waals surface area contributed by atoms with Gasteiger partial charge in [0.1, 0.15) is 48.8 Å². The molecule has 0 spiro atoms. The number of ether oxygens (including phenoxy) is 4. The van der Waals surface area contributed by atoms with E-state index in [0.717, 1.165) is 70.6 Å². The maximum absolute atomic E-state index is 13.1. The second-order valence-corrected chi connectivity index (χ2v) is 17.2. The van der Waals surface area contributed by atoms with Crippen LogP contribution >= 0.6 is 0 Å². The van der Waals surface area contributed by atoms with Crippen molar-refractivity contribution in [3.63, 3.8) is 0 Å². The Morgan fingerprint density at radius 3 is 1.51 bits per heavy atom. The van der Waals surface area contributed by atoms with Crippen molar-refractivity contribution < 1.29 is 64.6 Å². The number of rotatable bonds is 36. The lowest BCUT2D eigenvalue weighted by molar-refractivity contribution is -0.359. The van der Waals surface area contributed by atoms with Crippen molar-refractivity contribution in [2.45, 2.75) is 197 Å². The Morgan fingerprint density at radius 1 is 0.536 bits per heavy atom. The standard InChI is InChI=1S/C55H87NO13/c1-3-5-7-9-11-13-15-17-18-19-20-21-22-23-24-25-26-27-29-31-33-35-37-39-47(60)56-43(44(59)38-36-34-32-30-28-16-14-12-10-8-6-4-2)42-66-54-52(65)50(63)53(46(41-58)68-54)69-55-51(64)49(62)48(61)45(40-57)67-55/h5,7,10-13,17-18,20-21,23-24,26-28,30-31,33,36,38,43-46,48-55,57-59,61-65H,3-4,6,8-9,14-16,19,22,25,29,32,34-35,37,39-42H2,1-2H3,(H,56,60)/b7-5-,12-10+,13-11-,18-17-,21-20-,24-23-,27-26-,30-28+,33-31-,38-36+. The number of hydrogen-bond donors (Lipinski definition) is 9. The molecule has 12 unspecified atom stereocenters. The second kappa shape index (κ2) is 40.0. The largest absolute Gasteiger partial charge is 0.394 e. The first-order valence-corrected chi connectivity index (χ1v) is 25.3. The second-order valence-electron chi connectivity index (χ2n) is 17.2. The number of allylic oxidation sites excluding steroid dienone is 19. The highest BCUT2D eigenvalue weighted by molar-refractivity contribution is 5.76. The molecular formula is C55H87NO13. The van der Waals surface area contributed by atoms with E-state index in [1.807, 2.05) is 12.2 Å². The summed E-state index contributed by atoms with van der Waals surface area (Å²) in [5, 5.41) is 86.6. The number of aliphatic hydroxyl groups is 8. The summed E-state index contributed by atoms with van der Waals surface area (Å²) in [5.41, 5.74) is 0. The molecule has 2 aliphatic rings. The number of carbonyl (C=O) groups is 1. The lowest BCUT2D eigenvalue weighted by Crippen LogP contribution is -2.65. The Morgan fingerprint density at radius 2 is 0.986 bits per heavy atom. The molecule has 0 radical (unpaired) electrons. The molecule has 0 aliphatic carbocycles. The average molecular weight is 970 g/mol. The Hall–Kier alpha value is -3.61. The van der Waals surface area contributed by atoms with Gasteiger partial charge in [-0.3, -0.25) is 4.79 Å². The summed E-state index contributed by atoms with van der Waals surface area (Å²) in [4.78, 5) is 13.1. The molecule has 0 aromatic rings. The van der Waals surface area contributed by atoms with Gasteiger partial charge in [0, 0.05) is 6.42 Å². The van der Waals surface area contributed by atoms with Crippen molar-refractivity contribution in [2.75, 3.05) is 19.8 Å². The molecule has 2 heterocycles. The molecule has 14 heteroatoms. The van der Waals surface area contributed by atoms with E-state index in [4.69, 9.17) is 18.9 Å². The van der Waals surface area contributed by atoms with Crippen molar-refractivity contribution in [1.29, 1.82) is 0 Å². The van der Waals surface area contributed by atoms with Crippen LogP contribution in [0.3, 0.4) is 0 Å². The van der Waals surface area contributed by atoms with E-state index >= 15 is 0 Å². The lowest BCUT2D eigenvalue weighted by Gasteiger charge is -2.46. The van der Waals surface area contributed by atoms with Crippen LogP contribution in [0.15, 0.2) is 122 Å². The zero-order valence-electron chi connectivity index (χ0n) is 41.2. The van der Waals surface area contributed by atoms with Crippen molar-refractivity contribution in [3.05, 3.63) is 122 Å². The first-order chi connectivity index (χ1) is 33.6. The fourth-order valence-electron chi connectivity index (χ4n) is 7.24. The molecule has 2 fully saturated rings. The smallest absolute Gasteiger partial charge is 0.220 e. The SMILES string of the molecule is CC/C=C\C/C=C\C/C=C\C/C=C\C/C=C\C/C=C\C/C=C\CCCC(=O)NC(COC1OC(CO)C(OC2OC(CO)C(O)C(O)C2O)C(O)C1O)C(O)/C=C/CC/C=C/CC/C=C/CCCC. The molecule has 9 N–H and O–H groups in total. The van der Waals surface area contributed by atoms with Crippen molar-refractivity contribution in [1.82, 2.24) is 5.32 Å². The zero-order valence-corrected chi connectivity index (χ0v) is 41.2. The van der Waals surface area contributed by atoms with Gasteiger partial charge in [0.2, 0.25) is 5.91 Å². The quantitative estimate of drug-likeness (QED) is 0.0236. The van der Waals surface area contributed by atoms with Crippen LogP contribution in [0.5, 0.6) is 0 Å². The summed E-state index contributed by atoms with van der Waals surface area (Å²) >= 11 is 0. The number of unbranched alkanes of at least 4 members (excludes halogenated alkanes) is 5. The van der Waals surface area contributed by atoms with E-state index in [-0.39, 0.29) is 18.9 Å². The third-order valence-corrected chi connectivity index (χ3v) is 11.4. The van der Waals surface area contributed by atoms with Crippen molar-refractivity contribution >= 4 is 5.91 Å². The topological polar surface area (TPSA) is 228 Å². The Balaban J connectivity index is 1.87. The number of carbonyl (C=O) groups excluding carboxylic acids is 1. The molecule has 12 atom stereocenters. The molecule has 2 aliphatic heterocycles. The minimum atomic E-state index is -1.80. The summed E-state index contributed by atoms with van der Waals surface area (Å²) in [7, 11) is 0.